The summed E-state index contributed by atoms with van der Waals surface area (Å²) in [6, 6.07) is 0. The molecule has 1 heteroatoms. The second kappa shape index (κ2) is 4.37. The average molecular weight is 288 g/mol. The van der Waals surface area contributed by atoms with E-state index in [0.717, 1.165) is 24.2 Å². The molecule has 0 aromatic heterocycles. The van der Waals surface area contributed by atoms with E-state index in [9.17, 15) is 5.11 Å². The fraction of sp³-hybridized carbons (Fsp3) is 0.900. The van der Waals surface area contributed by atoms with Gasteiger partial charge in [0, 0.05) is 0 Å². The van der Waals surface area contributed by atoms with Crippen molar-refractivity contribution in [2.24, 2.45) is 28.6 Å². The minimum Gasteiger partial charge on any atom is -0.386 e. The van der Waals surface area contributed by atoms with E-state index in [1.807, 2.05) is 6.92 Å². The summed E-state index contributed by atoms with van der Waals surface area (Å²) in [7, 11) is 0. The molecule has 0 radical (unpaired) electrons. The zero-order valence-electron chi connectivity index (χ0n) is 14.1. The molecule has 0 aromatic rings. The molecule has 6 atom stereocenters. The Kier molecular flexibility index (Phi) is 2.98. The van der Waals surface area contributed by atoms with Crippen LogP contribution in [0.1, 0.15) is 78.6 Å². The van der Waals surface area contributed by atoms with E-state index in [2.05, 4.69) is 19.9 Å². The molecule has 4 rings (SSSR count). The normalized spacial score (nSPS) is 56.2. The van der Waals surface area contributed by atoms with E-state index in [-0.39, 0.29) is 0 Å². The monoisotopic (exact) mass is 288 g/mol. The van der Waals surface area contributed by atoms with Gasteiger partial charge in [0.25, 0.3) is 0 Å². The Morgan fingerprint density at radius 1 is 0.952 bits per heavy atom. The lowest BCUT2D eigenvalue weighted by molar-refractivity contribution is -0.0489. The third-order valence-corrected chi connectivity index (χ3v) is 8.15. The van der Waals surface area contributed by atoms with Gasteiger partial charge in [0.05, 0.1) is 5.60 Å². The molecular weight excluding hydrogens is 256 g/mol. The van der Waals surface area contributed by atoms with Crippen LogP contribution in [0, 0.1) is 28.6 Å². The molecular formula is C20H32O. The molecule has 4 aliphatic rings. The number of aliphatic hydroxyl groups is 1. The minimum absolute atomic E-state index is 0.398. The van der Waals surface area contributed by atoms with Crippen molar-refractivity contribution in [1.82, 2.24) is 0 Å². The van der Waals surface area contributed by atoms with Crippen LogP contribution in [0.3, 0.4) is 0 Å². The fourth-order valence-electron chi connectivity index (χ4n) is 6.86. The Hall–Kier alpha value is -0.300. The molecule has 4 aliphatic carbocycles. The van der Waals surface area contributed by atoms with E-state index in [1.165, 1.54) is 51.4 Å². The second-order valence-corrected chi connectivity index (χ2v) is 9.44. The molecule has 3 fully saturated rings. The summed E-state index contributed by atoms with van der Waals surface area (Å²) < 4.78 is 0. The van der Waals surface area contributed by atoms with Gasteiger partial charge in [-0.2, -0.15) is 0 Å². The largest absolute Gasteiger partial charge is 0.386 e. The summed E-state index contributed by atoms with van der Waals surface area (Å²) in [6.07, 6.45) is 14.4. The lowest BCUT2D eigenvalue weighted by Crippen LogP contribution is -2.50. The SMILES string of the molecule is CC1(O)C=C2CC[C@H]3[C@@H]4CCC[C@@]4(C)CC[C@@H]3[C@@]2(C)CC1. The van der Waals surface area contributed by atoms with E-state index >= 15 is 0 Å². The first kappa shape index (κ1) is 14.3. The molecule has 3 saturated carbocycles. The maximum absolute atomic E-state index is 10.4. The van der Waals surface area contributed by atoms with Crippen LogP contribution in [0.2, 0.25) is 0 Å². The summed E-state index contributed by atoms with van der Waals surface area (Å²) in [6.45, 7) is 7.11. The van der Waals surface area contributed by atoms with Gasteiger partial charge in [-0.25, -0.2) is 0 Å². The quantitative estimate of drug-likeness (QED) is 0.616. The van der Waals surface area contributed by atoms with Crippen LogP contribution in [0.25, 0.3) is 0 Å². The van der Waals surface area contributed by atoms with Crippen LogP contribution in [0.15, 0.2) is 11.6 Å². The van der Waals surface area contributed by atoms with Gasteiger partial charge >= 0.3 is 0 Å². The maximum atomic E-state index is 10.4. The first-order valence-corrected chi connectivity index (χ1v) is 9.29. The Morgan fingerprint density at radius 3 is 2.57 bits per heavy atom. The van der Waals surface area contributed by atoms with Crippen molar-refractivity contribution in [2.45, 2.75) is 84.2 Å². The summed E-state index contributed by atoms with van der Waals surface area (Å²) in [4.78, 5) is 0. The summed E-state index contributed by atoms with van der Waals surface area (Å²) in [5.74, 6) is 2.86. The van der Waals surface area contributed by atoms with E-state index in [0.29, 0.717) is 10.8 Å². The molecule has 0 aromatic carbocycles. The third-order valence-electron chi connectivity index (χ3n) is 8.15. The number of hydrogen-bond donors (Lipinski definition) is 1. The Morgan fingerprint density at radius 2 is 1.76 bits per heavy atom. The maximum Gasteiger partial charge on any atom is 0.0802 e. The minimum atomic E-state index is -0.543. The predicted molar refractivity (Wildman–Crippen MR) is 86.9 cm³/mol. The zero-order chi connectivity index (χ0) is 14.9. The highest BCUT2D eigenvalue weighted by Gasteiger charge is 2.56. The first-order chi connectivity index (χ1) is 9.84. The molecule has 1 N–H and O–H groups in total. The van der Waals surface area contributed by atoms with Gasteiger partial charge in [-0.3, -0.25) is 0 Å². The highest BCUT2D eigenvalue weighted by Crippen LogP contribution is 2.65. The summed E-state index contributed by atoms with van der Waals surface area (Å²) in [5.41, 5.74) is 2.12. The van der Waals surface area contributed by atoms with E-state index in [4.69, 9.17) is 0 Å². The lowest BCUT2D eigenvalue weighted by Gasteiger charge is -2.58. The molecule has 0 saturated heterocycles. The molecule has 0 bridgehead atoms. The standard InChI is InChI=1S/C20H32O/c1-18-9-4-5-16(18)15-7-6-14-13-19(2,21)11-12-20(14,3)17(15)8-10-18/h13,15-17,21H,4-12H2,1-3H3/t15-,16-,17-,18-,19?,20-/m0/s1. The number of fused-ring (bicyclic) bond motifs is 5. The van der Waals surface area contributed by atoms with Crippen LogP contribution in [-0.4, -0.2) is 10.7 Å². The van der Waals surface area contributed by atoms with Crippen molar-refractivity contribution < 1.29 is 5.11 Å². The molecule has 0 spiro atoms. The van der Waals surface area contributed by atoms with Crippen LogP contribution in [0.4, 0.5) is 0 Å². The van der Waals surface area contributed by atoms with Gasteiger partial charge in [-0.15, -0.1) is 0 Å². The Bertz CT molecular complexity index is 476. The lowest BCUT2D eigenvalue weighted by atomic mass is 9.47. The van der Waals surface area contributed by atoms with Crippen molar-refractivity contribution in [1.29, 1.82) is 0 Å². The van der Waals surface area contributed by atoms with E-state index in [1.54, 1.807) is 5.57 Å². The zero-order valence-corrected chi connectivity index (χ0v) is 14.1. The van der Waals surface area contributed by atoms with Gasteiger partial charge in [0.2, 0.25) is 0 Å². The molecule has 118 valence electrons. The molecule has 1 unspecified atom stereocenters. The van der Waals surface area contributed by atoms with Crippen LogP contribution in [0.5, 0.6) is 0 Å². The van der Waals surface area contributed by atoms with Crippen molar-refractivity contribution in [2.75, 3.05) is 0 Å². The van der Waals surface area contributed by atoms with Gasteiger partial charge in [-0.05, 0) is 86.9 Å². The summed E-state index contributed by atoms with van der Waals surface area (Å²) in [5, 5.41) is 10.4. The van der Waals surface area contributed by atoms with Crippen LogP contribution < -0.4 is 0 Å². The number of hydrogen-bond acceptors (Lipinski definition) is 1. The Balaban J connectivity index is 1.68. The smallest absolute Gasteiger partial charge is 0.0802 e. The van der Waals surface area contributed by atoms with Gasteiger partial charge < -0.3 is 5.11 Å². The first-order valence-electron chi connectivity index (χ1n) is 9.29. The van der Waals surface area contributed by atoms with Gasteiger partial charge in [0.15, 0.2) is 0 Å². The number of allylic oxidation sites excluding steroid dienone is 1. The van der Waals surface area contributed by atoms with Crippen molar-refractivity contribution in [3.05, 3.63) is 11.6 Å². The van der Waals surface area contributed by atoms with Gasteiger partial charge in [0.1, 0.15) is 0 Å². The average Bonchev–Trinajstić information content (AvgIpc) is 2.81. The highest BCUT2D eigenvalue weighted by atomic mass is 16.3. The topological polar surface area (TPSA) is 20.2 Å². The molecule has 21 heavy (non-hydrogen) atoms. The third kappa shape index (κ3) is 1.99. The van der Waals surface area contributed by atoms with Gasteiger partial charge in [-0.1, -0.05) is 31.9 Å². The molecule has 1 nitrogen and oxygen atoms in total. The van der Waals surface area contributed by atoms with Crippen molar-refractivity contribution in [3.63, 3.8) is 0 Å². The molecule has 0 aliphatic heterocycles. The predicted octanol–water partition coefficient (Wildman–Crippen LogP) is 5.09. The number of rotatable bonds is 0. The van der Waals surface area contributed by atoms with Crippen molar-refractivity contribution in [3.8, 4) is 0 Å². The van der Waals surface area contributed by atoms with Crippen LogP contribution >= 0.6 is 0 Å². The fourth-order valence-corrected chi connectivity index (χ4v) is 6.86. The highest BCUT2D eigenvalue weighted by molar-refractivity contribution is 5.27. The summed E-state index contributed by atoms with van der Waals surface area (Å²) >= 11 is 0. The van der Waals surface area contributed by atoms with Crippen molar-refractivity contribution >= 4 is 0 Å². The second-order valence-electron chi connectivity index (χ2n) is 9.44. The van der Waals surface area contributed by atoms with Crippen LogP contribution in [-0.2, 0) is 0 Å². The molecule has 0 amide bonds. The molecule has 0 heterocycles. The van der Waals surface area contributed by atoms with E-state index < -0.39 is 5.60 Å². The Labute approximate surface area is 130 Å².